The van der Waals surface area contributed by atoms with Crippen LogP contribution in [0.4, 0.5) is 0 Å². The van der Waals surface area contributed by atoms with Crippen LogP contribution in [0.25, 0.3) is 10.9 Å². The van der Waals surface area contributed by atoms with Crippen molar-refractivity contribution in [2.75, 3.05) is 0 Å². The maximum Gasteiger partial charge on any atom is 0.0841 e. The van der Waals surface area contributed by atoms with Crippen molar-refractivity contribution in [1.29, 1.82) is 0 Å². The van der Waals surface area contributed by atoms with Gasteiger partial charge in [0.15, 0.2) is 0 Å². The van der Waals surface area contributed by atoms with Gasteiger partial charge in [-0.1, -0.05) is 38.0 Å². The first kappa shape index (κ1) is 13.1. The third kappa shape index (κ3) is 2.91. The van der Waals surface area contributed by atoms with E-state index in [4.69, 9.17) is 0 Å². The van der Waals surface area contributed by atoms with Crippen LogP contribution in [0.3, 0.4) is 0 Å². The molecule has 0 aliphatic rings. The van der Waals surface area contributed by atoms with Gasteiger partial charge in [-0.3, -0.25) is 4.68 Å². The van der Waals surface area contributed by atoms with Crippen LogP contribution in [-0.2, 0) is 13.6 Å². The van der Waals surface area contributed by atoms with E-state index >= 15 is 0 Å². The molecule has 18 heavy (non-hydrogen) atoms. The smallest absolute Gasteiger partial charge is 0.0841 e. The van der Waals surface area contributed by atoms with Crippen LogP contribution < -0.4 is 5.32 Å². The van der Waals surface area contributed by atoms with E-state index in [1.807, 2.05) is 11.7 Å². The molecule has 0 amide bonds. The highest BCUT2D eigenvalue weighted by molar-refractivity contribution is 5.81. The molecule has 1 unspecified atom stereocenters. The molecule has 0 aliphatic carbocycles. The number of benzene rings is 1. The lowest BCUT2D eigenvalue weighted by molar-refractivity contribution is 0.490. The molecule has 3 heteroatoms. The summed E-state index contributed by atoms with van der Waals surface area (Å²) in [6, 6.07) is 8.97. The van der Waals surface area contributed by atoms with Gasteiger partial charge in [0.25, 0.3) is 0 Å². The van der Waals surface area contributed by atoms with Crippen molar-refractivity contribution >= 4 is 10.9 Å². The van der Waals surface area contributed by atoms with Crippen LogP contribution in [0.15, 0.2) is 24.3 Å². The normalized spacial score (nSPS) is 13.1. The Balaban J connectivity index is 2.03. The summed E-state index contributed by atoms with van der Waals surface area (Å²) >= 11 is 0. The summed E-state index contributed by atoms with van der Waals surface area (Å²) in [7, 11) is 2.01. The van der Waals surface area contributed by atoms with E-state index in [1.54, 1.807) is 0 Å². The van der Waals surface area contributed by atoms with Gasteiger partial charge in [0.05, 0.1) is 11.2 Å². The third-order valence-corrected chi connectivity index (χ3v) is 3.44. The summed E-state index contributed by atoms with van der Waals surface area (Å²) < 4.78 is 1.96. The zero-order valence-corrected chi connectivity index (χ0v) is 11.6. The van der Waals surface area contributed by atoms with Crippen molar-refractivity contribution in [2.24, 2.45) is 7.05 Å². The first-order valence-electron chi connectivity index (χ1n) is 6.86. The molecule has 0 spiro atoms. The SMILES string of the molecule is CCCCC(C)NCc1nn(C)c2ccccc12. The van der Waals surface area contributed by atoms with Crippen molar-refractivity contribution in [3.05, 3.63) is 30.0 Å². The van der Waals surface area contributed by atoms with Crippen molar-refractivity contribution in [2.45, 2.75) is 45.7 Å². The van der Waals surface area contributed by atoms with Gasteiger partial charge in [0.2, 0.25) is 0 Å². The zero-order valence-electron chi connectivity index (χ0n) is 11.6. The zero-order chi connectivity index (χ0) is 13.0. The quantitative estimate of drug-likeness (QED) is 0.846. The second-order valence-corrected chi connectivity index (χ2v) is 5.01. The minimum atomic E-state index is 0.561. The highest BCUT2D eigenvalue weighted by Gasteiger charge is 2.08. The Morgan fingerprint density at radius 2 is 2.11 bits per heavy atom. The monoisotopic (exact) mass is 245 g/mol. The third-order valence-electron chi connectivity index (χ3n) is 3.44. The van der Waals surface area contributed by atoms with Gasteiger partial charge >= 0.3 is 0 Å². The predicted molar refractivity (Wildman–Crippen MR) is 76.5 cm³/mol. The molecule has 0 bridgehead atoms. The average Bonchev–Trinajstić information content (AvgIpc) is 2.71. The first-order valence-corrected chi connectivity index (χ1v) is 6.86. The molecule has 2 rings (SSSR count). The molecule has 2 aromatic rings. The van der Waals surface area contributed by atoms with Crippen LogP contribution in [0, 0.1) is 0 Å². The van der Waals surface area contributed by atoms with Gasteiger partial charge in [-0.15, -0.1) is 0 Å². The fourth-order valence-corrected chi connectivity index (χ4v) is 2.30. The number of aromatic nitrogens is 2. The molecule has 0 radical (unpaired) electrons. The molecule has 98 valence electrons. The van der Waals surface area contributed by atoms with Crippen LogP contribution in [0.2, 0.25) is 0 Å². The molecular formula is C15H23N3. The van der Waals surface area contributed by atoms with E-state index in [0.29, 0.717) is 6.04 Å². The fourth-order valence-electron chi connectivity index (χ4n) is 2.30. The number of nitrogens with zero attached hydrogens (tertiary/aromatic N) is 2. The molecule has 0 aliphatic heterocycles. The van der Waals surface area contributed by atoms with Gasteiger partial charge < -0.3 is 5.32 Å². The van der Waals surface area contributed by atoms with Crippen LogP contribution >= 0.6 is 0 Å². The van der Waals surface area contributed by atoms with Crippen LogP contribution in [0.5, 0.6) is 0 Å². The Labute approximate surface area is 109 Å². The molecule has 0 fully saturated rings. The number of rotatable bonds is 6. The molecule has 1 aromatic heterocycles. The van der Waals surface area contributed by atoms with E-state index < -0.39 is 0 Å². The molecule has 1 heterocycles. The maximum absolute atomic E-state index is 4.60. The van der Waals surface area contributed by atoms with E-state index in [-0.39, 0.29) is 0 Å². The molecule has 1 aromatic carbocycles. The molecular weight excluding hydrogens is 222 g/mol. The summed E-state index contributed by atoms with van der Waals surface area (Å²) in [6.07, 6.45) is 3.79. The van der Waals surface area contributed by atoms with Gasteiger partial charge in [0, 0.05) is 25.0 Å². The predicted octanol–water partition coefficient (Wildman–Crippen LogP) is 3.24. The summed E-state index contributed by atoms with van der Waals surface area (Å²) in [4.78, 5) is 0. The lowest BCUT2D eigenvalue weighted by Gasteiger charge is -2.12. The van der Waals surface area contributed by atoms with Crippen molar-refractivity contribution in [3.8, 4) is 0 Å². The lowest BCUT2D eigenvalue weighted by Crippen LogP contribution is -2.25. The van der Waals surface area contributed by atoms with Crippen molar-refractivity contribution in [1.82, 2.24) is 15.1 Å². The van der Waals surface area contributed by atoms with Crippen molar-refractivity contribution in [3.63, 3.8) is 0 Å². The van der Waals surface area contributed by atoms with Gasteiger partial charge in [-0.05, 0) is 19.4 Å². The second kappa shape index (κ2) is 6.01. The summed E-state index contributed by atoms with van der Waals surface area (Å²) in [5.74, 6) is 0. The Bertz CT molecular complexity index is 501. The van der Waals surface area contributed by atoms with Crippen molar-refractivity contribution < 1.29 is 0 Å². The highest BCUT2D eigenvalue weighted by atomic mass is 15.3. The highest BCUT2D eigenvalue weighted by Crippen LogP contribution is 2.17. The minimum Gasteiger partial charge on any atom is -0.309 e. The Morgan fingerprint density at radius 3 is 2.89 bits per heavy atom. The summed E-state index contributed by atoms with van der Waals surface area (Å²) in [5, 5.41) is 9.42. The van der Waals surface area contributed by atoms with Crippen LogP contribution in [0.1, 0.15) is 38.8 Å². The number of nitrogens with one attached hydrogen (secondary N) is 1. The van der Waals surface area contributed by atoms with Gasteiger partial charge in [0.1, 0.15) is 0 Å². The van der Waals surface area contributed by atoms with Crippen LogP contribution in [-0.4, -0.2) is 15.8 Å². The summed E-state index contributed by atoms with van der Waals surface area (Å²) in [6.45, 7) is 5.34. The van der Waals surface area contributed by atoms with Gasteiger partial charge in [-0.25, -0.2) is 0 Å². The van der Waals surface area contributed by atoms with E-state index in [0.717, 1.165) is 12.2 Å². The standard InChI is InChI=1S/C15H23N3/c1-4-5-8-12(2)16-11-14-13-9-6-7-10-15(13)18(3)17-14/h6-7,9-10,12,16H,4-5,8,11H2,1-3H3. The molecule has 0 saturated heterocycles. The Hall–Kier alpha value is -1.35. The molecule has 1 N–H and O–H groups in total. The van der Waals surface area contributed by atoms with E-state index in [1.165, 1.54) is 30.2 Å². The maximum atomic E-state index is 4.60. The first-order chi connectivity index (χ1) is 8.72. The lowest BCUT2D eigenvalue weighted by atomic mass is 10.1. The van der Waals surface area contributed by atoms with E-state index in [2.05, 4.69) is 48.5 Å². The minimum absolute atomic E-state index is 0.561. The molecule has 1 atom stereocenters. The number of hydrogen-bond donors (Lipinski definition) is 1. The number of aryl methyl sites for hydroxylation is 1. The Kier molecular flexibility index (Phi) is 4.37. The average molecular weight is 245 g/mol. The number of fused-ring (bicyclic) bond motifs is 1. The Morgan fingerprint density at radius 1 is 1.33 bits per heavy atom. The number of para-hydroxylation sites is 1. The summed E-state index contributed by atoms with van der Waals surface area (Å²) in [5.41, 5.74) is 2.35. The topological polar surface area (TPSA) is 29.9 Å². The largest absolute Gasteiger partial charge is 0.309 e. The number of unbranched alkanes of at least 4 members (excludes halogenated alkanes) is 1. The molecule has 0 saturated carbocycles. The van der Waals surface area contributed by atoms with Gasteiger partial charge in [-0.2, -0.15) is 5.10 Å². The molecule has 3 nitrogen and oxygen atoms in total. The number of hydrogen-bond acceptors (Lipinski definition) is 2. The van der Waals surface area contributed by atoms with E-state index in [9.17, 15) is 0 Å². The second-order valence-electron chi connectivity index (χ2n) is 5.01. The fraction of sp³-hybridized carbons (Fsp3) is 0.533.